The molecule has 15 heavy (non-hydrogen) atoms. The van der Waals surface area contributed by atoms with Crippen LogP contribution in [-0.2, 0) is 11.0 Å². The first kappa shape index (κ1) is 12.5. The van der Waals surface area contributed by atoms with Gasteiger partial charge in [0, 0.05) is 0 Å². The Hall–Kier alpha value is -0.613. The summed E-state index contributed by atoms with van der Waals surface area (Å²) in [6.07, 6.45) is 1.66. The summed E-state index contributed by atoms with van der Waals surface area (Å²) in [4.78, 5) is 4.23. The third-order valence-corrected chi connectivity index (χ3v) is 7.51. The first-order chi connectivity index (χ1) is 6.72. The predicted molar refractivity (Wildman–Crippen MR) is 63.2 cm³/mol. The van der Waals surface area contributed by atoms with E-state index in [2.05, 4.69) is 38.8 Å². The van der Waals surface area contributed by atoms with Crippen LogP contribution in [0.3, 0.4) is 0 Å². The SMILES string of the molecule is Cc1coc(CO[Si](C)(C)C(C)(C)C)n1. The highest BCUT2D eigenvalue weighted by molar-refractivity contribution is 6.74. The predicted octanol–water partition coefficient (Wildman–Crippen LogP) is 3.50. The second-order valence-corrected chi connectivity index (χ2v) is 10.2. The van der Waals surface area contributed by atoms with Crippen LogP contribution in [0.2, 0.25) is 18.1 Å². The number of hydrogen-bond donors (Lipinski definition) is 0. The van der Waals surface area contributed by atoms with Gasteiger partial charge in [0.25, 0.3) is 0 Å². The quantitative estimate of drug-likeness (QED) is 0.741. The number of aromatic nitrogens is 1. The molecule has 1 heterocycles. The van der Waals surface area contributed by atoms with Gasteiger partial charge in [-0.1, -0.05) is 20.8 Å². The fourth-order valence-corrected chi connectivity index (χ4v) is 1.84. The molecular weight excluding hydrogens is 206 g/mol. The van der Waals surface area contributed by atoms with Gasteiger partial charge in [-0.15, -0.1) is 0 Å². The first-order valence-corrected chi connectivity index (χ1v) is 8.18. The molecule has 0 N–H and O–H groups in total. The van der Waals surface area contributed by atoms with Crippen molar-refractivity contribution < 1.29 is 8.84 Å². The monoisotopic (exact) mass is 227 g/mol. The molecule has 0 aliphatic carbocycles. The summed E-state index contributed by atoms with van der Waals surface area (Å²) in [5.41, 5.74) is 0.906. The topological polar surface area (TPSA) is 35.3 Å². The van der Waals surface area contributed by atoms with E-state index in [-0.39, 0.29) is 5.04 Å². The molecule has 0 amide bonds. The fourth-order valence-electron chi connectivity index (χ4n) is 0.928. The number of nitrogens with zero attached hydrogens (tertiary/aromatic N) is 1. The summed E-state index contributed by atoms with van der Waals surface area (Å²) < 4.78 is 11.2. The van der Waals surface area contributed by atoms with Crippen molar-refractivity contribution in [3.05, 3.63) is 17.8 Å². The molecule has 0 saturated heterocycles. The number of rotatable bonds is 3. The zero-order valence-electron chi connectivity index (χ0n) is 10.5. The van der Waals surface area contributed by atoms with Crippen molar-refractivity contribution in [3.63, 3.8) is 0 Å². The number of aryl methyl sites for hydroxylation is 1. The normalized spacial score (nSPS) is 13.2. The smallest absolute Gasteiger partial charge is 0.218 e. The lowest BCUT2D eigenvalue weighted by molar-refractivity contribution is 0.240. The zero-order chi connectivity index (χ0) is 11.7. The minimum Gasteiger partial charge on any atom is -0.446 e. The van der Waals surface area contributed by atoms with Crippen molar-refractivity contribution in [2.24, 2.45) is 0 Å². The Kier molecular flexibility index (Phi) is 3.40. The first-order valence-electron chi connectivity index (χ1n) is 5.27. The lowest BCUT2D eigenvalue weighted by atomic mass is 10.2. The second-order valence-electron chi connectivity index (χ2n) is 5.43. The molecule has 1 rings (SSSR count). The van der Waals surface area contributed by atoms with Crippen molar-refractivity contribution in [3.8, 4) is 0 Å². The molecule has 0 atom stereocenters. The van der Waals surface area contributed by atoms with Crippen molar-refractivity contribution in [1.82, 2.24) is 4.98 Å². The molecule has 86 valence electrons. The van der Waals surface area contributed by atoms with E-state index in [4.69, 9.17) is 8.84 Å². The van der Waals surface area contributed by atoms with Crippen molar-refractivity contribution in [1.29, 1.82) is 0 Å². The van der Waals surface area contributed by atoms with E-state index in [9.17, 15) is 0 Å². The van der Waals surface area contributed by atoms with Crippen LogP contribution in [0.5, 0.6) is 0 Å². The van der Waals surface area contributed by atoms with Crippen LogP contribution in [0.25, 0.3) is 0 Å². The molecule has 1 aromatic rings. The summed E-state index contributed by atoms with van der Waals surface area (Å²) in [7, 11) is -1.68. The molecule has 4 heteroatoms. The number of oxazole rings is 1. The van der Waals surface area contributed by atoms with Gasteiger partial charge < -0.3 is 8.84 Å². The minimum atomic E-state index is -1.68. The van der Waals surface area contributed by atoms with Gasteiger partial charge in [-0.3, -0.25) is 0 Å². The van der Waals surface area contributed by atoms with Crippen LogP contribution < -0.4 is 0 Å². The van der Waals surface area contributed by atoms with Gasteiger partial charge in [0.1, 0.15) is 12.9 Å². The Morgan fingerprint density at radius 3 is 2.40 bits per heavy atom. The van der Waals surface area contributed by atoms with E-state index >= 15 is 0 Å². The zero-order valence-corrected chi connectivity index (χ0v) is 11.5. The molecule has 0 aromatic carbocycles. The highest BCUT2D eigenvalue weighted by Crippen LogP contribution is 2.36. The van der Waals surface area contributed by atoms with Gasteiger partial charge in [0.2, 0.25) is 5.89 Å². The Morgan fingerprint density at radius 2 is 2.00 bits per heavy atom. The largest absolute Gasteiger partial charge is 0.446 e. The third-order valence-electron chi connectivity index (χ3n) is 3.03. The summed E-state index contributed by atoms with van der Waals surface area (Å²) in [5.74, 6) is 0.678. The summed E-state index contributed by atoms with van der Waals surface area (Å²) >= 11 is 0. The van der Waals surface area contributed by atoms with Gasteiger partial charge in [-0.2, -0.15) is 0 Å². The average Bonchev–Trinajstić information content (AvgIpc) is 2.46. The van der Waals surface area contributed by atoms with Crippen molar-refractivity contribution in [2.75, 3.05) is 0 Å². The van der Waals surface area contributed by atoms with Gasteiger partial charge in [-0.05, 0) is 25.1 Å². The summed E-state index contributed by atoms with van der Waals surface area (Å²) in [6.45, 7) is 13.5. The number of hydrogen-bond acceptors (Lipinski definition) is 3. The third kappa shape index (κ3) is 3.17. The highest BCUT2D eigenvalue weighted by atomic mass is 28.4. The molecule has 0 bridgehead atoms. The molecular formula is C11H21NO2Si. The van der Waals surface area contributed by atoms with Gasteiger partial charge in [0.15, 0.2) is 8.32 Å². The molecule has 0 radical (unpaired) electrons. The standard InChI is InChI=1S/C11H21NO2Si/c1-9-7-13-10(12-9)8-14-15(5,6)11(2,3)4/h7H,8H2,1-6H3. The Labute approximate surface area is 93.0 Å². The Bertz CT molecular complexity index is 326. The van der Waals surface area contributed by atoms with Gasteiger partial charge in [0.05, 0.1) is 5.69 Å². The maximum atomic E-state index is 5.98. The lowest BCUT2D eigenvalue weighted by Gasteiger charge is -2.35. The van der Waals surface area contributed by atoms with E-state index in [1.165, 1.54) is 0 Å². The highest BCUT2D eigenvalue weighted by Gasteiger charge is 2.37. The Morgan fingerprint density at radius 1 is 1.40 bits per heavy atom. The molecule has 0 spiro atoms. The maximum Gasteiger partial charge on any atom is 0.218 e. The van der Waals surface area contributed by atoms with Gasteiger partial charge in [-0.25, -0.2) is 4.98 Å². The van der Waals surface area contributed by atoms with Crippen LogP contribution in [0.15, 0.2) is 10.7 Å². The van der Waals surface area contributed by atoms with E-state index in [1.54, 1.807) is 6.26 Å². The molecule has 0 fully saturated rings. The van der Waals surface area contributed by atoms with Gasteiger partial charge >= 0.3 is 0 Å². The van der Waals surface area contributed by atoms with Crippen molar-refractivity contribution in [2.45, 2.75) is 52.4 Å². The molecule has 0 saturated carbocycles. The maximum absolute atomic E-state index is 5.98. The molecule has 1 aromatic heterocycles. The lowest BCUT2D eigenvalue weighted by Crippen LogP contribution is -2.40. The van der Waals surface area contributed by atoms with E-state index in [1.807, 2.05) is 6.92 Å². The van der Waals surface area contributed by atoms with E-state index in [0.29, 0.717) is 12.5 Å². The fraction of sp³-hybridized carbons (Fsp3) is 0.727. The molecule has 0 aliphatic rings. The summed E-state index contributed by atoms with van der Waals surface area (Å²) in [6, 6.07) is 0. The Balaban J connectivity index is 2.57. The average molecular weight is 227 g/mol. The molecule has 0 unspecified atom stereocenters. The summed E-state index contributed by atoms with van der Waals surface area (Å²) in [5, 5.41) is 0.231. The molecule has 0 aliphatic heterocycles. The van der Waals surface area contributed by atoms with Crippen LogP contribution in [0, 0.1) is 6.92 Å². The van der Waals surface area contributed by atoms with Crippen LogP contribution in [-0.4, -0.2) is 13.3 Å². The van der Waals surface area contributed by atoms with Crippen LogP contribution in [0.4, 0.5) is 0 Å². The van der Waals surface area contributed by atoms with E-state index in [0.717, 1.165) is 5.69 Å². The van der Waals surface area contributed by atoms with Crippen LogP contribution >= 0.6 is 0 Å². The molecule has 3 nitrogen and oxygen atoms in total. The minimum absolute atomic E-state index is 0.231. The van der Waals surface area contributed by atoms with E-state index < -0.39 is 8.32 Å². The second kappa shape index (κ2) is 4.10. The van der Waals surface area contributed by atoms with Crippen LogP contribution in [0.1, 0.15) is 32.4 Å². The van der Waals surface area contributed by atoms with Crippen molar-refractivity contribution >= 4 is 8.32 Å².